The third-order valence-corrected chi connectivity index (χ3v) is 8.61. The predicted octanol–water partition coefficient (Wildman–Crippen LogP) is 5.28. The van der Waals surface area contributed by atoms with Crippen LogP contribution in [0.25, 0.3) is 5.69 Å². The lowest BCUT2D eigenvalue weighted by Crippen LogP contribution is -2.44. The maximum Gasteiger partial charge on any atom is 0.255 e. The summed E-state index contributed by atoms with van der Waals surface area (Å²) < 4.78 is 1.74. The van der Waals surface area contributed by atoms with Gasteiger partial charge in [0.25, 0.3) is 5.91 Å². The summed E-state index contributed by atoms with van der Waals surface area (Å²) in [7, 11) is 2.17. The summed E-state index contributed by atoms with van der Waals surface area (Å²) in [6.45, 7) is 7.91. The first-order chi connectivity index (χ1) is 22.0. The Hall–Kier alpha value is -5.22. The van der Waals surface area contributed by atoms with Crippen molar-refractivity contribution in [1.82, 2.24) is 24.6 Å². The highest BCUT2D eigenvalue weighted by atomic mass is 16.1. The molecular weight excluding hydrogens is 562 g/mol. The molecule has 0 radical (unpaired) electrons. The van der Waals surface area contributed by atoms with Crippen LogP contribution in [0.3, 0.4) is 0 Å². The molecule has 3 aromatic carbocycles. The van der Waals surface area contributed by atoms with Gasteiger partial charge in [0.2, 0.25) is 5.95 Å². The van der Waals surface area contributed by atoms with Gasteiger partial charge in [0.15, 0.2) is 0 Å². The summed E-state index contributed by atoms with van der Waals surface area (Å²) in [5, 5.41) is 10.7. The Kier molecular flexibility index (Phi) is 7.87. The summed E-state index contributed by atoms with van der Waals surface area (Å²) in [5.41, 5.74) is 8.81. The number of fused-ring (bicyclic) bond motifs is 1. The molecule has 0 saturated carbocycles. The molecule has 0 atom stereocenters. The van der Waals surface area contributed by atoms with Crippen LogP contribution in [-0.4, -0.2) is 70.3 Å². The highest BCUT2D eigenvalue weighted by Gasteiger charge is 2.21. The first-order valence-electron chi connectivity index (χ1n) is 15.4. The van der Waals surface area contributed by atoms with Crippen LogP contribution in [0, 0.1) is 6.92 Å². The van der Waals surface area contributed by atoms with E-state index in [1.165, 1.54) is 5.69 Å². The topological polar surface area (TPSA) is 94.4 Å². The molecule has 45 heavy (non-hydrogen) atoms. The van der Waals surface area contributed by atoms with Crippen LogP contribution in [0.4, 0.5) is 28.7 Å². The third kappa shape index (κ3) is 6.37. The molecule has 1 saturated heterocycles. The Morgan fingerprint density at radius 3 is 2.47 bits per heavy atom. The summed E-state index contributed by atoms with van der Waals surface area (Å²) in [5.74, 6) is 0.456. The number of anilines is 5. The molecule has 0 aliphatic carbocycles. The standard InChI is InChI=1S/C35H37N9O/c1-25-7-8-29(38-34(45)26-5-3-6-31(21-26)44-15-4-14-37-44)22-33(25)43-16-13-32-27(24-43)23-36-35(40-32)39-28-9-11-30(12-10-28)42-19-17-41(2)18-20-42/h3-12,14-15,21-23H,13,16-20,24H2,1-2H3,(H,38,45)(H,36,39,40). The van der Waals surface area contributed by atoms with Gasteiger partial charge in [-0.1, -0.05) is 12.1 Å². The molecule has 1 amide bonds. The number of aromatic nitrogens is 4. The molecule has 7 rings (SSSR count). The van der Waals surface area contributed by atoms with Crippen LogP contribution < -0.4 is 20.4 Å². The normalized spacial score (nSPS) is 15.1. The lowest BCUT2D eigenvalue weighted by atomic mass is 10.0. The molecular formula is C35H37N9O. The number of carbonyl (C=O) groups is 1. The lowest BCUT2D eigenvalue weighted by molar-refractivity contribution is 0.102. The number of benzene rings is 3. The first-order valence-corrected chi connectivity index (χ1v) is 15.4. The molecule has 228 valence electrons. The van der Waals surface area contributed by atoms with Crippen LogP contribution in [0.1, 0.15) is 27.2 Å². The molecule has 10 nitrogen and oxygen atoms in total. The Balaban J connectivity index is 1.00. The fraction of sp³-hybridized carbons (Fsp3) is 0.257. The second-order valence-corrected chi connectivity index (χ2v) is 11.8. The Morgan fingerprint density at radius 2 is 1.67 bits per heavy atom. The van der Waals surface area contributed by atoms with Crippen molar-refractivity contribution in [1.29, 1.82) is 0 Å². The molecule has 0 spiro atoms. The smallest absolute Gasteiger partial charge is 0.255 e. The average molecular weight is 600 g/mol. The van der Waals surface area contributed by atoms with Crippen molar-refractivity contribution >= 4 is 34.6 Å². The second-order valence-electron chi connectivity index (χ2n) is 11.8. The van der Waals surface area contributed by atoms with Gasteiger partial charge < -0.3 is 25.3 Å². The largest absolute Gasteiger partial charge is 0.369 e. The fourth-order valence-electron chi connectivity index (χ4n) is 5.97. The number of likely N-dealkylation sites (N-methyl/N-ethyl adjacent to an activating group) is 1. The number of nitrogens with zero attached hydrogens (tertiary/aromatic N) is 7. The Morgan fingerprint density at radius 1 is 0.844 bits per heavy atom. The van der Waals surface area contributed by atoms with Crippen molar-refractivity contribution in [3.63, 3.8) is 0 Å². The van der Waals surface area contributed by atoms with E-state index in [0.717, 1.165) is 78.7 Å². The molecule has 0 bridgehead atoms. The van der Waals surface area contributed by atoms with E-state index < -0.39 is 0 Å². The van der Waals surface area contributed by atoms with Crippen molar-refractivity contribution < 1.29 is 4.79 Å². The van der Waals surface area contributed by atoms with Gasteiger partial charge in [0.05, 0.1) is 11.4 Å². The number of hydrogen-bond donors (Lipinski definition) is 2. The molecule has 4 heterocycles. The van der Waals surface area contributed by atoms with Crippen LogP contribution in [0.5, 0.6) is 0 Å². The quantitative estimate of drug-likeness (QED) is 0.261. The maximum atomic E-state index is 13.2. The molecule has 10 heteroatoms. The van der Waals surface area contributed by atoms with Crippen molar-refractivity contribution in [2.24, 2.45) is 0 Å². The molecule has 5 aromatic rings. The lowest BCUT2D eigenvalue weighted by Gasteiger charge is -2.34. The summed E-state index contributed by atoms with van der Waals surface area (Å²) >= 11 is 0. The summed E-state index contributed by atoms with van der Waals surface area (Å²) in [6, 6.07) is 23.9. The van der Waals surface area contributed by atoms with Crippen molar-refractivity contribution in [3.8, 4) is 5.69 Å². The Labute approximate surface area is 263 Å². The molecule has 2 aromatic heterocycles. The third-order valence-electron chi connectivity index (χ3n) is 8.61. The van der Waals surface area contributed by atoms with Crippen molar-refractivity contribution in [2.75, 3.05) is 60.2 Å². The minimum Gasteiger partial charge on any atom is -0.369 e. The molecule has 0 unspecified atom stereocenters. The van der Waals surface area contributed by atoms with E-state index >= 15 is 0 Å². The SMILES string of the molecule is Cc1ccc(NC(=O)c2cccc(-n3cccn3)c2)cc1N1CCc2nc(Nc3ccc(N4CCN(C)CC4)cc3)ncc2C1. The van der Waals surface area contributed by atoms with Crippen molar-refractivity contribution in [3.05, 3.63) is 114 Å². The van der Waals surface area contributed by atoms with E-state index in [2.05, 4.69) is 85.8 Å². The van der Waals surface area contributed by atoms with Gasteiger partial charge in [-0.05, 0) is 80.2 Å². The number of carbonyl (C=O) groups excluding carboxylic acids is 1. The van der Waals surface area contributed by atoms with E-state index in [0.29, 0.717) is 18.1 Å². The zero-order valence-electron chi connectivity index (χ0n) is 25.6. The maximum absolute atomic E-state index is 13.2. The van der Waals surface area contributed by atoms with Gasteiger partial charge in [-0.15, -0.1) is 0 Å². The predicted molar refractivity (Wildman–Crippen MR) is 179 cm³/mol. The monoisotopic (exact) mass is 599 g/mol. The number of piperazine rings is 1. The number of nitrogens with one attached hydrogen (secondary N) is 2. The van der Waals surface area contributed by atoms with Gasteiger partial charge in [-0.3, -0.25) is 4.79 Å². The number of hydrogen-bond acceptors (Lipinski definition) is 8. The summed E-state index contributed by atoms with van der Waals surface area (Å²) in [4.78, 5) is 29.8. The van der Waals surface area contributed by atoms with Gasteiger partial charge >= 0.3 is 0 Å². The molecule has 2 aliphatic heterocycles. The Bertz CT molecular complexity index is 1790. The number of aryl methyl sites for hydroxylation is 1. The van der Waals surface area contributed by atoms with E-state index in [-0.39, 0.29) is 5.91 Å². The van der Waals surface area contributed by atoms with Crippen LogP contribution >= 0.6 is 0 Å². The minimum atomic E-state index is -0.162. The number of rotatable bonds is 7. The molecule has 1 fully saturated rings. The van der Waals surface area contributed by atoms with E-state index in [1.54, 1.807) is 10.9 Å². The van der Waals surface area contributed by atoms with Crippen LogP contribution in [0.2, 0.25) is 0 Å². The van der Waals surface area contributed by atoms with E-state index in [9.17, 15) is 4.79 Å². The van der Waals surface area contributed by atoms with Gasteiger partial charge in [0, 0.05) is 98.2 Å². The van der Waals surface area contributed by atoms with Crippen molar-refractivity contribution in [2.45, 2.75) is 19.9 Å². The van der Waals surface area contributed by atoms with Crippen LogP contribution in [0.15, 0.2) is 91.4 Å². The summed E-state index contributed by atoms with van der Waals surface area (Å²) in [6.07, 6.45) is 6.32. The average Bonchev–Trinajstić information content (AvgIpc) is 3.62. The van der Waals surface area contributed by atoms with Gasteiger partial charge in [0.1, 0.15) is 0 Å². The molecule has 2 aliphatic rings. The van der Waals surface area contributed by atoms with Gasteiger partial charge in [-0.25, -0.2) is 14.6 Å². The first kappa shape index (κ1) is 28.5. The highest BCUT2D eigenvalue weighted by Crippen LogP contribution is 2.30. The van der Waals surface area contributed by atoms with Gasteiger partial charge in [-0.2, -0.15) is 5.10 Å². The highest BCUT2D eigenvalue weighted by molar-refractivity contribution is 6.04. The molecule has 2 N–H and O–H groups in total. The fourth-order valence-corrected chi connectivity index (χ4v) is 5.97. The number of amides is 1. The van der Waals surface area contributed by atoms with Crippen LogP contribution in [-0.2, 0) is 13.0 Å². The van der Waals surface area contributed by atoms with E-state index in [1.807, 2.05) is 48.8 Å². The second kappa shape index (κ2) is 12.4. The zero-order chi connectivity index (χ0) is 30.8. The minimum absolute atomic E-state index is 0.162. The van der Waals surface area contributed by atoms with E-state index in [4.69, 9.17) is 4.98 Å². The zero-order valence-corrected chi connectivity index (χ0v) is 25.6.